The molecule has 2 aliphatic heterocycles. The zero-order chi connectivity index (χ0) is 19.2. The Labute approximate surface area is 156 Å². The molecule has 2 fully saturated rings. The van der Waals surface area contributed by atoms with Crippen LogP contribution in [0.2, 0.25) is 0 Å². The summed E-state index contributed by atoms with van der Waals surface area (Å²) in [5.41, 5.74) is 0.682. The van der Waals surface area contributed by atoms with Crippen molar-refractivity contribution in [2.24, 2.45) is 5.92 Å². The Morgan fingerprint density at radius 1 is 1.26 bits per heavy atom. The summed E-state index contributed by atoms with van der Waals surface area (Å²) < 4.78 is 47.0. The van der Waals surface area contributed by atoms with Crippen molar-refractivity contribution in [1.82, 2.24) is 19.5 Å². The highest BCUT2D eigenvalue weighted by atomic mass is 19.4. The van der Waals surface area contributed by atoms with Gasteiger partial charge in [-0.2, -0.15) is 18.3 Å². The number of fused-ring (bicyclic) bond motifs is 1. The molecule has 5 nitrogen and oxygen atoms in total. The quantitative estimate of drug-likeness (QED) is 0.809. The summed E-state index contributed by atoms with van der Waals surface area (Å²) in [6.45, 7) is 8.11. The summed E-state index contributed by atoms with van der Waals surface area (Å²) in [5, 5.41) is 4.31. The normalized spacial score (nSPS) is 24.5. The van der Waals surface area contributed by atoms with E-state index in [1.165, 1.54) is 0 Å². The highest BCUT2D eigenvalue weighted by Crippen LogP contribution is 2.33. The molecule has 2 aromatic rings. The minimum atomic E-state index is -4.46. The van der Waals surface area contributed by atoms with Crippen LogP contribution in [0, 0.1) is 5.92 Å². The Hall–Kier alpha value is -1.67. The molecular weight excluding hydrogens is 357 g/mol. The van der Waals surface area contributed by atoms with E-state index in [4.69, 9.17) is 4.74 Å². The van der Waals surface area contributed by atoms with Crippen LogP contribution in [0.25, 0.3) is 5.65 Å². The molecule has 2 saturated heterocycles. The maximum atomic E-state index is 13.5. The van der Waals surface area contributed by atoms with Gasteiger partial charge < -0.3 is 9.64 Å². The average Bonchev–Trinajstić information content (AvgIpc) is 3.33. The molecule has 0 bridgehead atoms. The van der Waals surface area contributed by atoms with Gasteiger partial charge in [0.25, 0.3) is 0 Å². The minimum absolute atomic E-state index is 0.0787. The maximum absolute atomic E-state index is 13.5. The largest absolute Gasteiger partial charge is 0.433 e. The summed E-state index contributed by atoms with van der Waals surface area (Å²) in [5.74, 6) is 0.638. The summed E-state index contributed by atoms with van der Waals surface area (Å²) in [4.78, 5) is 6.79. The van der Waals surface area contributed by atoms with Crippen LogP contribution in [0.5, 0.6) is 0 Å². The summed E-state index contributed by atoms with van der Waals surface area (Å²) in [6.07, 6.45) is -2.46. The van der Waals surface area contributed by atoms with E-state index in [2.05, 4.69) is 15.0 Å². The van der Waals surface area contributed by atoms with E-state index in [0.717, 1.165) is 56.3 Å². The molecule has 2 aliphatic rings. The van der Waals surface area contributed by atoms with Gasteiger partial charge in [0, 0.05) is 37.4 Å². The van der Waals surface area contributed by atoms with Crippen molar-refractivity contribution in [1.29, 1.82) is 0 Å². The molecule has 27 heavy (non-hydrogen) atoms. The molecule has 0 aliphatic carbocycles. The molecule has 8 heteroatoms. The molecule has 4 heterocycles. The molecule has 0 N–H and O–H groups in total. The van der Waals surface area contributed by atoms with E-state index in [1.807, 2.05) is 13.8 Å². The number of nitrogens with zero attached hydrogens (tertiary/aromatic N) is 4. The SMILES string of the molecule is CC(C)c1cc(C(F)(F)F)n2nc([C@H]3CCN(C[C@H]4CCOC4)C3)cc2n1. The second-order valence-electron chi connectivity index (χ2n) is 8.03. The van der Waals surface area contributed by atoms with Crippen LogP contribution >= 0.6 is 0 Å². The van der Waals surface area contributed by atoms with E-state index in [1.54, 1.807) is 6.07 Å². The molecule has 2 aromatic heterocycles. The van der Waals surface area contributed by atoms with Gasteiger partial charge in [0.05, 0.1) is 12.3 Å². The van der Waals surface area contributed by atoms with Crippen LogP contribution in [0.1, 0.15) is 55.6 Å². The Balaban J connectivity index is 1.59. The van der Waals surface area contributed by atoms with Crippen LogP contribution in [0.15, 0.2) is 12.1 Å². The van der Waals surface area contributed by atoms with Gasteiger partial charge in [0.1, 0.15) is 5.69 Å². The first-order valence-electron chi connectivity index (χ1n) is 9.59. The van der Waals surface area contributed by atoms with Crippen molar-refractivity contribution in [3.8, 4) is 0 Å². The lowest BCUT2D eigenvalue weighted by Gasteiger charge is -2.18. The lowest BCUT2D eigenvalue weighted by atomic mass is 10.1. The van der Waals surface area contributed by atoms with Crippen LogP contribution in [0.4, 0.5) is 13.2 Å². The van der Waals surface area contributed by atoms with Crippen molar-refractivity contribution >= 4 is 5.65 Å². The molecule has 0 saturated carbocycles. The predicted octanol–water partition coefficient (Wildman–Crippen LogP) is 3.70. The number of halogens is 3. The number of rotatable bonds is 4. The maximum Gasteiger partial charge on any atom is 0.433 e. The Morgan fingerprint density at radius 3 is 2.74 bits per heavy atom. The number of alkyl halides is 3. The molecule has 148 valence electrons. The Bertz CT molecular complexity index is 811. The monoisotopic (exact) mass is 382 g/mol. The molecule has 0 unspecified atom stereocenters. The highest BCUT2D eigenvalue weighted by Gasteiger charge is 2.36. The zero-order valence-electron chi connectivity index (χ0n) is 15.7. The van der Waals surface area contributed by atoms with Gasteiger partial charge >= 0.3 is 6.18 Å². The summed E-state index contributed by atoms with van der Waals surface area (Å²) in [7, 11) is 0. The van der Waals surface area contributed by atoms with Crippen LogP contribution in [0.3, 0.4) is 0 Å². The van der Waals surface area contributed by atoms with Crippen molar-refractivity contribution < 1.29 is 17.9 Å². The first kappa shape index (κ1) is 18.7. The van der Waals surface area contributed by atoms with Gasteiger partial charge in [-0.05, 0) is 37.3 Å². The smallest absolute Gasteiger partial charge is 0.381 e. The Morgan fingerprint density at radius 2 is 2.07 bits per heavy atom. The molecule has 2 atom stereocenters. The van der Waals surface area contributed by atoms with Crippen molar-refractivity contribution in [3.63, 3.8) is 0 Å². The lowest BCUT2D eigenvalue weighted by Crippen LogP contribution is -2.27. The van der Waals surface area contributed by atoms with E-state index < -0.39 is 11.9 Å². The van der Waals surface area contributed by atoms with Crippen LogP contribution in [-0.2, 0) is 10.9 Å². The number of aromatic nitrogens is 3. The number of ether oxygens (including phenoxy) is 1. The molecule has 4 rings (SSSR count). The fourth-order valence-electron chi connectivity index (χ4n) is 4.04. The zero-order valence-corrected chi connectivity index (χ0v) is 15.7. The van der Waals surface area contributed by atoms with Gasteiger partial charge in [-0.3, -0.25) is 0 Å². The average molecular weight is 382 g/mol. The van der Waals surface area contributed by atoms with Gasteiger partial charge in [-0.15, -0.1) is 0 Å². The van der Waals surface area contributed by atoms with E-state index in [9.17, 15) is 13.2 Å². The third-order valence-electron chi connectivity index (χ3n) is 5.58. The predicted molar refractivity (Wildman–Crippen MR) is 94.8 cm³/mol. The first-order valence-corrected chi connectivity index (χ1v) is 9.59. The van der Waals surface area contributed by atoms with Crippen molar-refractivity contribution in [2.75, 3.05) is 32.8 Å². The lowest BCUT2D eigenvalue weighted by molar-refractivity contribution is -0.142. The molecule has 0 aromatic carbocycles. The van der Waals surface area contributed by atoms with Gasteiger partial charge in [0.2, 0.25) is 0 Å². The third-order valence-corrected chi connectivity index (χ3v) is 5.58. The van der Waals surface area contributed by atoms with Crippen LogP contribution in [-0.4, -0.2) is 52.3 Å². The van der Waals surface area contributed by atoms with E-state index in [0.29, 0.717) is 17.3 Å². The minimum Gasteiger partial charge on any atom is -0.381 e. The fraction of sp³-hybridized carbons (Fsp3) is 0.684. The molecule has 0 amide bonds. The fourth-order valence-corrected chi connectivity index (χ4v) is 4.04. The van der Waals surface area contributed by atoms with Gasteiger partial charge in [-0.1, -0.05) is 13.8 Å². The van der Waals surface area contributed by atoms with Gasteiger partial charge in [0.15, 0.2) is 5.65 Å². The van der Waals surface area contributed by atoms with Crippen LogP contribution < -0.4 is 0 Å². The standard InChI is InChI=1S/C19H25F3N4O/c1-12(2)15-7-17(19(20,21)22)26-18(23-15)8-16(24-26)14-3-5-25(10-14)9-13-4-6-27-11-13/h7-8,12-14H,3-6,9-11H2,1-2H3/t13-,14+/m1/s1. The third kappa shape index (κ3) is 3.82. The second-order valence-corrected chi connectivity index (χ2v) is 8.03. The van der Waals surface area contributed by atoms with Crippen molar-refractivity contribution in [3.05, 3.63) is 29.2 Å². The number of likely N-dealkylation sites (tertiary alicyclic amines) is 1. The second kappa shape index (κ2) is 7.05. The molecular formula is C19H25F3N4O. The highest BCUT2D eigenvalue weighted by molar-refractivity contribution is 5.44. The summed E-state index contributed by atoms with van der Waals surface area (Å²) >= 11 is 0. The first-order chi connectivity index (χ1) is 12.8. The van der Waals surface area contributed by atoms with E-state index in [-0.39, 0.29) is 17.5 Å². The molecule has 0 radical (unpaired) electrons. The van der Waals surface area contributed by atoms with E-state index >= 15 is 0 Å². The molecule has 0 spiro atoms. The number of hydrogen-bond acceptors (Lipinski definition) is 4. The van der Waals surface area contributed by atoms with Gasteiger partial charge in [-0.25, -0.2) is 9.50 Å². The Kier molecular flexibility index (Phi) is 4.88. The van der Waals surface area contributed by atoms with Crippen molar-refractivity contribution in [2.45, 2.75) is 44.7 Å². The summed E-state index contributed by atoms with van der Waals surface area (Å²) in [6, 6.07) is 2.85. The number of hydrogen-bond donors (Lipinski definition) is 0. The topological polar surface area (TPSA) is 42.7 Å².